The molecule has 0 saturated heterocycles. The summed E-state index contributed by atoms with van der Waals surface area (Å²) in [7, 11) is 0. The largest absolute Gasteiger partial charge is 0.314 e. The van der Waals surface area contributed by atoms with E-state index in [-0.39, 0.29) is 5.91 Å². The average molecular weight is 295 g/mol. The van der Waals surface area contributed by atoms with Gasteiger partial charge in [0, 0.05) is 17.7 Å². The van der Waals surface area contributed by atoms with Crippen LogP contribution in [0.4, 0.5) is 5.69 Å². The van der Waals surface area contributed by atoms with Gasteiger partial charge in [-0.1, -0.05) is 48.5 Å². The minimum absolute atomic E-state index is 0.275. The van der Waals surface area contributed by atoms with Crippen molar-refractivity contribution in [2.24, 2.45) is 4.99 Å². The van der Waals surface area contributed by atoms with E-state index >= 15 is 0 Å². The van der Waals surface area contributed by atoms with Gasteiger partial charge in [-0.3, -0.25) is 9.79 Å². The van der Waals surface area contributed by atoms with Crippen LogP contribution < -0.4 is 10.4 Å². The molecule has 0 saturated carbocycles. The number of hydrogen-bond donors (Lipinski definition) is 2. The molecule has 1 aliphatic rings. The lowest BCUT2D eigenvalue weighted by molar-refractivity contribution is -0.122. The number of aliphatic imine (C=N–C) groups is 1. The number of carbonyl (C=O) groups excluding carboxylic acids is 1. The monoisotopic (exact) mass is 295 g/mol. The number of nitrogens with zero attached hydrogens (tertiary/aromatic N) is 2. The normalized spacial score (nSPS) is 17.7. The van der Waals surface area contributed by atoms with Crippen LogP contribution in [0.2, 0.25) is 0 Å². The molecule has 0 radical (unpaired) electrons. The van der Waals surface area contributed by atoms with E-state index in [1.165, 1.54) is 0 Å². The van der Waals surface area contributed by atoms with E-state index in [4.69, 9.17) is 0 Å². The summed E-state index contributed by atoms with van der Waals surface area (Å²) < 4.78 is 0. The number of hydrogen-bond acceptors (Lipinski definition) is 4. The van der Waals surface area contributed by atoms with Gasteiger partial charge in [0.15, 0.2) is 0 Å². The molecule has 2 aromatic carbocycles. The van der Waals surface area contributed by atoms with E-state index in [1.54, 1.807) is 4.90 Å². The van der Waals surface area contributed by atoms with Crippen molar-refractivity contribution in [1.29, 1.82) is 0 Å². The van der Waals surface area contributed by atoms with Crippen LogP contribution in [0.25, 0.3) is 0 Å². The molecule has 1 heterocycles. The first-order chi connectivity index (χ1) is 10.8. The molecule has 2 aromatic rings. The van der Waals surface area contributed by atoms with Gasteiger partial charge < -0.3 is 10.1 Å². The molecule has 22 heavy (non-hydrogen) atoms. The van der Waals surface area contributed by atoms with Gasteiger partial charge in [0.25, 0.3) is 5.91 Å². The van der Waals surface area contributed by atoms with Gasteiger partial charge in [0.2, 0.25) is 6.17 Å². The molecule has 1 aliphatic heterocycles. The standard InChI is InChI=1S/C17H17N3O2/c1-2-20-14-11-7-6-10-13(14)15(12-8-4-3-5-9-12)18-16(19-22)17(20)21/h3-11,16,19,22H,2H2,1H3/t16-/m0/s1. The number of benzodiazepines with no additional fused rings is 1. The van der Waals surface area contributed by atoms with Gasteiger partial charge in [0.05, 0.1) is 11.4 Å². The molecule has 112 valence electrons. The van der Waals surface area contributed by atoms with Crippen LogP contribution in [0.3, 0.4) is 0 Å². The maximum Gasteiger partial charge on any atom is 0.268 e. The maximum atomic E-state index is 12.5. The van der Waals surface area contributed by atoms with E-state index in [1.807, 2.05) is 67.0 Å². The number of fused-ring (bicyclic) bond motifs is 1. The van der Waals surface area contributed by atoms with Crippen LogP contribution >= 0.6 is 0 Å². The lowest BCUT2D eigenvalue weighted by Gasteiger charge is -2.22. The SMILES string of the molecule is CCN1C(=O)[C@H](NO)N=C(c2ccccc2)c2ccccc21. The average Bonchev–Trinajstić information content (AvgIpc) is 2.69. The summed E-state index contributed by atoms with van der Waals surface area (Å²) in [4.78, 5) is 18.6. The Morgan fingerprint density at radius 1 is 1.14 bits per heavy atom. The number of rotatable bonds is 3. The Balaban J connectivity index is 2.24. The highest BCUT2D eigenvalue weighted by molar-refractivity contribution is 6.20. The number of carbonyl (C=O) groups is 1. The third kappa shape index (κ3) is 2.41. The minimum atomic E-state index is -1.01. The van der Waals surface area contributed by atoms with Crippen molar-refractivity contribution in [3.05, 3.63) is 65.7 Å². The Hall–Kier alpha value is -2.50. The first-order valence-corrected chi connectivity index (χ1v) is 7.20. The van der Waals surface area contributed by atoms with Gasteiger partial charge in [-0.2, -0.15) is 5.48 Å². The summed E-state index contributed by atoms with van der Waals surface area (Å²) in [6, 6.07) is 17.3. The molecule has 0 unspecified atom stereocenters. The van der Waals surface area contributed by atoms with Crippen LogP contribution in [0.15, 0.2) is 59.6 Å². The van der Waals surface area contributed by atoms with Gasteiger partial charge in [-0.25, -0.2) is 0 Å². The van der Waals surface area contributed by atoms with Gasteiger partial charge in [-0.05, 0) is 13.0 Å². The number of anilines is 1. The third-order valence-corrected chi connectivity index (χ3v) is 3.69. The first-order valence-electron chi connectivity index (χ1n) is 7.20. The molecule has 0 aliphatic carbocycles. The molecule has 0 spiro atoms. The highest BCUT2D eigenvalue weighted by Crippen LogP contribution is 2.27. The topological polar surface area (TPSA) is 64.9 Å². The van der Waals surface area contributed by atoms with Gasteiger partial charge >= 0.3 is 0 Å². The van der Waals surface area contributed by atoms with Crippen LogP contribution in [0.1, 0.15) is 18.1 Å². The number of nitrogens with one attached hydrogen (secondary N) is 1. The zero-order valence-electron chi connectivity index (χ0n) is 12.2. The number of likely N-dealkylation sites (N-methyl/N-ethyl adjacent to an activating group) is 1. The first kappa shape index (κ1) is 14.4. The van der Waals surface area contributed by atoms with Crippen molar-refractivity contribution in [2.75, 3.05) is 11.4 Å². The second kappa shape index (κ2) is 6.09. The van der Waals surface area contributed by atoms with Gasteiger partial charge in [0.1, 0.15) is 0 Å². The molecule has 1 atom stereocenters. The molecule has 0 aromatic heterocycles. The second-order valence-corrected chi connectivity index (χ2v) is 4.98. The molecular formula is C17H17N3O2. The predicted octanol–water partition coefficient (Wildman–Crippen LogP) is 2.20. The lowest BCUT2D eigenvalue weighted by atomic mass is 10.0. The zero-order valence-corrected chi connectivity index (χ0v) is 12.2. The van der Waals surface area contributed by atoms with Crippen molar-refractivity contribution < 1.29 is 10.0 Å². The van der Waals surface area contributed by atoms with Crippen molar-refractivity contribution in [1.82, 2.24) is 5.48 Å². The van der Waals surface area contributed by atoms with Crippen LogP contribution in [-0.2, 0) is 4.79 Å². The fourth-order valence-electron chi connectivity index (χ4n) is 2.67. The van der Waals surface area contributed by atoms with Crippen molar-refractivity contribution >= 4 is 17.3 Å². The summed E-state index contributed by atoms with van der Waals surface area (Å²) in [6.07, 6.45) is -1.01. The molecule has 5 nitrogen and oxygen atoms in total. The van der Waals surface area contributed by atoms with E-state index in [0.717, 1.165) is 16.8 Å². The third-order valence-electron chi connectivity index (χ3n) is 3.69. The number of hydroxylamine groups is 1. The fraction of sp³-hybridized carbons (Fsp3) is 0.176. The molecule has 2 N–H and O–H groups in total. The summed E-state index contributed by atoms with van der Waals surface area (Å²) >= 11 is 0. The minimum Gasteiger partial charge on any atom is -0.314 e. The van der Waals surface area contributed by atoms with E-state index in [9.17, 15) is 10.0 Å². The molecule has 0 fully saturated rings. The Kier molecular flexibility index (Phi) is 4.00. The molecule has 1 amide bonds. The lowest BCUT2D eigenvalue weighted by Crippen LogP contribution is -2.44. The van der Waals surface area contributed by atoms with Crippen LogP contribution in [0.5, 0.6) is 0 Å². The molecular weight excluding hydrogens is 278 g/mol. The molecule has 0 bridgehead atoms. The summed E-state index contributed by atoms with van der Waals surface area (Å²) in [5.74, 6) is -0.275. The van der Waals surface area contributed by atoms with Crippen molar-refractivity contribution in [2.45, 2.75) is 13.1 Å². The van der Waals surface area contributed by atoms with E-state index in [2.05, 4.69) is 4.99 Å². The fourth-order valence-corrected chi connectivity index (χ4v) is 2.67. The molecule has 5 heteroatoms. The number of amides is 1. The zero-order chi connectivity index (χ0) is 15.5. The summed E-state index contributed by atoms with van der Waals surface area (Å²) in [5, 5.41) is 9.34. The Labute approximate surface area is 128 Å². The second-order valence-electron chi connectivity index (χ2n) is 4.98. The predicted molar refractivity (Wildman–Crippen MR) is 85.3 cm³/mol. The summed E-state index contributed by atoms with van der Waals surface area (Å²) in [5.41, 5.74) is 5.28. The van der Waals surface area contributed by atoms with Gasteiger partial charge in [-0.15, -0.1) is 0 Å². The Morgan fingerprint density at radius 3 is 2.50 bits per heavy atom. The quantitative estimate of drug-likeness (QED) is 0.853. The summed E-state index contributed by atoms with van der Waals surface area (Å²) in [6.45, 7) is 2.41. The Bertz CT molecular complexity index is 713. The smallest absolute Gasteiger partial charge is 0.268 e. The van der Waals surface area contributed by atoms with Crippen LogP contribution in [-0.4, -0.2) is 29.5 Å². The Morgan fingerprint density at radius 2 is 1.82 bits per heavy atom. The maximum absolute atomic E-state index is 12.5. The number of benzene rings is 2. The van der Waals surface area contributed by atoms with Crippen molar-refractivity contribution in [3.63, 3.8) is 0 Å². The highest BCUT2D eigenvalue weighted by Gasteiger charge is 2.30. The molecule has 3 rings (SSSR count). The number of para-hydroxylation sites is 1. The van der Waals surface area contributed by atoms with Crippen molar-refractivity contribution in [3.8, 4) is 0 Å². The van der Waals surface area contributed by atoms with E-state index < -0.39 is 6.17 Å². The highest BCUT2D eigenvalue weighted by atomic mass is 16.5. The van der Waals surface area contributed by atoms with E-state index in [0.29, 0.717) is 12.3 Å². The van der Waals surface area contributed by atoms with Crippen LogP contribution in [0, 0.1) is 0 Å².